The van der Waals surface area contributed by atoms with Crippen molar-refractivity contribution in [3.05, 3.63) is 0 Å². The summed E-state index contributed by atoms with van der Waals surface area (Å²) in [7, 11) is 0. The van der Waals surface area contributed by atoms with Gasteiger partial charge in [-0.05, 0) is 6.42 Å². The molecule has 10 heavy (non-hydrogen) atoms. The molecule has 0 saturated carbocycles. The first kappa shape index (κ1) is 8.01. The van der Waals surface area contributed by atoms with E-state index in [0.29, 0.717) is 13.2 Å². The van der Waals surface area contributed by atoms with Crippen LogP contribution in [-0.2, 0) is 9.63 Å². The average Bonchev–Trinajstić information content (AvgIpc) is 2.20. The van der Waals surface area contributed by atoms with E-state index in [1.807, 2.05) is 6.92 Å². The zero-order chi connectivity index (χ0) is 7.56. The van der Waals surface area contributed by atoms with Crippen molar-refractivity contribution >= 4 is 21.8 Å². The average molecular weight is 208 g/mol. The van der Waals surface area contributed by atoms with Crippen LogP contribution in [0.4, 0.5) is 0 Å². The highest BCUT2D eigenvalue weighted by Gasteiger charge is 2.29. The molecule has 4 heteroatoms. The molecule has 1 unspecified atom stereocenters. The van der Waals surface area contributed by atoms with Gasteiger partial charge < -0.3 is 0 Å². The van der Waals surface area contributed by atoms with Crippen LogP contribution in [0.5, 0.6) is 0 Å². The third kappa shape index (κ3) is 1.49. The third-order valence-corrected chi connectivity index (χ3v) is 1.97. The lowest BCUT2D eigenvalue weighted by Gasteiger charge is -2.11. The SMILES string of the molecule is CCCN1OCC(Br)C1=O. The molecule has 0 aromatic rings. The minimum atomic E-state index is -0.126. The van der Waals surface area contributed by atoms with Gasteiger partial charge in [0.05, 0.1) is 6.61 Å². The first-order valence-corrected chi connectivity index (χ1v) is 4.25. The summed E-state index contributed by atoms with van der Waals surface area (Å²) in [6, 6.07) is 0. The number of carbonyl (C=O) groups is 1. The number of halogens is 1. The number of alkyl halides is 1. The van der Waals surface area contributed by atoms with E-state index in [1.165, 1.54) is 5.06 Å². The second kappa shape index (κ2) is 3.34. The van der Waals surface area contributed by atoms with Gasteiger partial charge in [0.25, 0.3) is 5.91 Å². The van der Waals surface area contributed by atoms with Gasteiger partial charge in [-0.1, -0.05) is 22.9 Å². The van der Waals surface area contributed by atoms with Crippen LogP contribution in [-0.4, -0.2) is 28.9 Å². The van der Waals surface area contributed by atoms with Gasteiger partial charge in [0.15, 0.2) is 0 Å². The topological polar surface area (TPSA) is 29.5 Å². The largest absolute Gasteiger partial charge is 0.271 e. The second-order valence-corrected chi connectivity index (χ2v) is 3.31. The van der Waals surface area contributed by atoms with Crippen molar-refractivity contribution in [2.24, 2.45) is 0 Å². The maximum absolute atomic E-state index is 11.0. The van der Waals surface area contributed by atoms with E-state index < -0.39 is 0 Å². The lowest BCUT2D eigenvalue weighted by Crippen LogP contribution is -2.26. The molecule has 0 aliphatic carbocycles. The van der Waals surface area contributed by atoms with Crippen LogP contribution in [0.3, 0.4) is 0 Å². The summed E-state index contributed by atoms with van der Waals surface area (Å²) in [5.41, 5.74) is 0. The summed E-state index contributed by atoms with van der Waals surface area (Å²) in [5, 5.41) is 1.42. The van der Waals surface area contributed by atoms with E-state index in [0.717, 1.165) is 6.42 Å². The lowest BCUT2D eigenvalue weighted by molar-refractivity contribution is -0.161. The first-order valence-electron chi connectivity index (χ1n) is 3.34. The van der Waals surface area contributed by atoms with Gasteiger partial charge in [-0.3, -0.25) is 9.63 Å². The zero-order valence-corrected chi connectivity index (χ0v) is 7.43. The van der Waals surface area contributed by atoms with E-state index in [1.54, 1.807) is 0 Å². The predicted octanol–water partition coefficient (Wildman–Crippen LogP) is 0.934. The van der Waals surface area contributed by atoms with E-state index in [4.69, 9.17) is 4.84 Å². The van der Waals surface area contributed by atoms with Crippen molar-refractivity contribution in [3.63, 3.8) is 0 Å². The molecule has 0 aromatic carbocycles. The Kier molecular flexibility index (Phi) is 2.68. The molecule has 0 bridgehead atoms. The van der Waals surface area contributed by atoms with Crippen LogP contribution in [0.2, 0.25) is 0 Å². The van der Waals surface area contributed by atoms with Crippen LogP contribution in [0, 0.1) is 0 Å². The van der Waals surface area contributed by atoms with Crippen molar-refractivity contribution in [3.8, 4) is 0 Å². The Hall–Kier alpha value is -0.0900. The molecule has 1 saturated heterocycles. The fourth-order valence-electron chi connectivity index (χ4n) is 0.824. The minimum absolute atomic E-state index is 0.0434. The van der Waals surface area contributed by atoms with Crippen LogP contribution in [0.1, 0.15) is 13.3 Å². The molecular weight excluding hydrogens is 198 g/mol. The van der Waals surface area contributed by atoms with Crippen LogP contribution in [0.25, 0.3) is 0 Å². The molecule has 1 aliphatic heterocycles. The highest BCUT2D eigenvalue weighted by molar-refractivity contribution is 9.10. The Morgan fingerprint density at radius 1 is 1.90 bits per heavy atom. The normalized spacial score (nSPS) is 26.0. The molecule has 1 fully saturated rings. The maximum atomic E-state index is 11.0. The molecule has 1 atom stereocenters. The van der Waals surface area contributed by atoms with Gasteiger partial charge in [-0.25, -0.2) is 5.06 Å². The Balaban J connectivity index is 2.41. The zero-order valence-electron chi connectivity index (χ0n) is 5.84. The van der Waals surface area contributed by atoms with Gasteiger partial charge in [-0.2, -0.15) is 0 Å². The molecule has 0 spiro atoms. The summed E-state index contributed by atoms with van der Waals surface area (Å²) in [5.74, 6) is 0.0434. The van der Waals surface area contributed by atoms with Crippen molar-refractivity contribution in [1.82, 2.24) is 5.06 Å². The summed E-state index contributed by atoms with van der Waals surface area (Å²) < 4.78 is 0. The summed E-state index contributed by atoms with van der Waals surface area (Å²) in [6.07, 6.45) is 0.936. The fraction of sp³-hybridized carbons (Fsp3) is 0.833. The molecule has 0 radical (unpaired) electrons. The Morgan fingerprint density at radius 3 is 3.00 bits per heavy atom. The lowest BCUT2D eigenvalue weighted by atomic mass is 10.4. The van der Waals surface area contributed by atoms with Crippen molar-refractivity contribution in [2.75, 3.05) is 13.2 Å². The number of nitrogens with zero attached hydrogens (tertiary/aromatic N) is 1. The van der Waals surface area contributed by atoms with Gasteiger partial charge in [-0.15, -0.1) is 0 Å². The van der Waals surface area contributed by atoms with Gasteiger partial charge in [0.2, 0.25) is 0 Å². The monoisotopic (exact) mass is 207 g/mol. The molecule has 1 rings (SSSR count). The first-order chi connectivity index (χ1) is 4.75. The summed E-state index contributed by atoms with van der Waals surface area (Å²) in [6.45, 7) is 3.18. The van der Waals surface area contributed by atoms with E-state index in [9.17, 15) is 4.79 Å². The predicted molar refractivity (Wildman–Crippen MR) is 40.7 cm³/mol. The fourth-order valence-corrected chi connectivity index (χ4v) is 1.17. The van der Waals surface area contributed by atoms with Crippen LogP contribution < -0.4 is 0 Å². The van der Waals surface area contributed by atoms with E-state index in [-0.39, 0.29) is 10.7 Å². The summed E-state index contributed by atoms with van der Waals surface area (Å²) >= 11 is 3.20. The second-order valence-electron chi connectivity index (χ2n) is 2.20. The summed E-state index contributed by atoms with van der Waals surface area (Å²) in [4.78, 5) is 16.0. The molecule has 3 nitrogen and oxygen atoms in total. The van der Waals surface area contributed by atoms with Crippen molar-refractivity contribution < 1.29 is 9.63 Å². The standard InChI is InChI=1S/C6H10BrNO2/c1-2-3-8-6(9)5(7)4-10-8/h5H,2-4H2,1H3. The molecule has 0 N–H and O–H groups in total. The molecule has 1 amide bonds. The van der Waals surface area contributed by atoms with Crippen LogP contribution >= 0.6 is 15.9 Å². The molecular formula is C6H10BrNO2. The number of hydrogen-bond donors (Lipinski definition) is 0. The highest BCUT2D eigenvalue weighted by Crippen LogP contribution is 2.14. The molecule has 58 valence electrons. The van der Waals surface area contributed by atoms with Gasteiger partial charge >= 0.3 is 0 Å². The number of hydroxylamine groups is 2. The van der Waals surface area contributed by atoms with E-state index >= 15 is 0 Å². The van der Waals surface area contributed by atoms with E-state index in [2.05, 4.69) is 15.9 Å². The highest BCUT2D eigenvalue weighted by atomic mass is 79.9. The number of carbonyl (C=O) groups excluding carboxylic acids is 1. The van der Waals surface area contributed by atoms with Crippen LogP contribution in [0.15, 0.2) is 0 Å². The quantitative estimate of drug-likeness (QED) is 0.632. The number of rotatable bonds is 2. The smallest absolute Gasteiger partial charge is 0.262 e. The van der Waals surface area contributed by atoms with Crippen molar-refractivity contribution in [1.29, 1.82) is 0 Å². The molecule has 0 aromatic heterocycles. The molecule has 1 heterocycles. The van der Waals surface area contributed by atoms with Crippen molar-refractivity contribution in [2.45, 2.75) is 18.2 Å². The number of amides is 1. The van der Waals surface area contributed by atoms with Gasteiger partial charge in [0, 0.05) is 6.54 Å². The number of hydrogen-bond acceptors (Lipinski definition) is 2. The Bertz CT molecular complexity index is 138. The maximum Gasteiger partial charge on any atom is 0.262 e. The Labute approximate surface area is 68.4 Å². The third-order valence-electron chi connectivity index (χ3n) is 1.32. The molecule has 1 aliphatic rings. The Morgan fingerprint density at radius 2 is 2.60 bits per heavy atom. The van der Waals surface area contributed by atoms with Gasteiger partial charge in [0.1, 0.15) is 4.83 Å². The minimum Gasteiger partial charge on any atom is -0.271 e.